The van der Waals surface area contributed by atoms with Crippen LogP contribution in [0.4, 0.5) is 0 Å². The van der Waals surface area contributed by atoms with Gasteiger partial charge in [-0.25, -0.2) is 0 Å². The van der Waals surface area contributed by atoms with Crippen LogP contribution in [0.25, 0.3) is 0 Å². The third-order valence-electron chi connectivity index (χ3n) is 3.55. The zero-order valence-electron chi connectivity index (χ0n) is 11.2. The highest BCUT2D eigenvalue weighted by molar-refractivity contribution is 5.89. The number of hydrogen-bond donors (Lipinski definition) is 1. The summed E-state index contributed by atoms with van der Waals surface area (Å²) in [4.78, 5) is 12.0. The number of benzene rings is 1. The highest BCUT2D eigenvalue weighted by atomic mass is 16.4. The normalized spacial score (nSPS) is 15.4. The van der Waals surface area contributed by atoms with Crippen molar-refractivity contribution < 1.29 is 9.21 Å². The zero-order valence-corrected chi connectivity index (χ0v) is 11.2. The van der Waals surface area contributed by atoms with Gasteiger partial charge in [0.25, 0.3) is 0 Å². The van der Waals surface area contributed by atoms with Crippen LogP contribution in [0.15, 0.2) is 34.7 Å². The summed E-state index contributed by atoms with van der Waals surface area (Å²) in [7, 11) is 0. The monoisotopic (exact) mass is 271 g/mol. The molecule has 0 unspecified atom stereocenters. The molecule has 5 heteroatoms. The summed E-state index contributed by atoms with van der Waals surface area (Å²) in [6, 6.07) is 10.1. The van der Waals surface area contributed by atoms with Crippen molar-refractivity contribution >= 4 is 5.91 Å². The van der Waals surface area contributed by atoms with Crippen molar-refractivity contribution in [2.45, 2.75) is 38.1 Å². The van der Waals surface area contributed by atoms with E-state index in [4.69, 9.17) is 4.42 Å². The molecule has 1 N–H and O–H groups in total. The topological polar surface area (TPSA) is 68.0 Å². The van der Waals surface area contributed by atoms with Gasteiger partial charge in [0.15, 0.2) is 0 Å². The average Bonchev–Trinajstić information content (AvgIpc) is 3.11. The van der Waals surface area contributed by atoms with Gasteiger partial charge in [-0.15, -0.1) is 10.2 Å². The van der Waals surface area contributed by atoms with Crippen LogP contribution in [-0.4, -0.2) is 22.1 Å². The number of hydrogen-bond acceptors (Lipinski definition) is 4. The van der Waals surface area contributed by atoms with Crippen LogP contribution in [-0.2, 0) is 6.42 Å². The van der Waals surface area contributed by atoms with Crippen molar-refractivity contribution in [3.05, 3.63) is 47.7 Å². The molecular weight excluding hydrogens is 254 g/mol. The van der Waals surface area contributed by atoms with Crippen LogP contribution >= 0.6 is 0 Å². The van der Waals surface area contributed by atoms with E-state index in [2.05, 4.69) is 15.5 Å². The highest BCUT2D eigenvalue weighted by Gasteiger charge is 2.21. The molecule has 1 fully saturated rings. The summed E-state index contributed by atoms with van der Waals surface area (Å²) >= 11 is 0. The Bertz CT molecular complexity index is 574. The predicted octanol–water partition coefficient (Wildman–Crippen LogP) is 2.33. The van der Waals surface area contributed by atoms with Crippen LogP contribution < -0.4 is 5.32 Å². The van der Waals surface area contributed by atoms with E-state index in [9.17, 15) is 4.79 Å². The van der Waals surface area contributed by atoms with Gasteiger partial charge in [0.2, 0.25) is 5.89 Å². The van der Waals surface area contributed by atoms with Crippen LogP contribution in [0.1, 0.15) is 47.8 Å². The molecule has 20 heavy (non-hydrogen) atoms. The Morgan fingerprint density at radius 3 is 2.70 bits per heavy atom. The Labute approximate surface area is 117 Å². The minimum atomic E-state index is -0.260. The number of carbonyl (C=O) groups excluding carboxylic acids is 1. The van der Waals surface area contributed by atoms with Crippen LogP contribution in [0.5, 0.6) is 0 Å². The second-order valence-electron chi connectivity index (χ2n) is 5.12. The number of aromatic nitrogens is 2. The molecule has 3 rings (SSSR count). The molecule has 1 saturated carbocycles. The second kappa shape index (κ2) is 5.86. The van der Waals surface area contributed by atoms with Gasteiger partial charge in [0, 0.05) is 6.04 Å². The Balaban J connectivity index is 1.62. The fourth-order valence-corrected chi connectivity index (χ4v) is 2.50. The number of rotatable bonds is 4. The van der Waals surface area contributed by atoms with Gasteiger partial charge in [-0.3, -0.25) is 4.79 Å². The van der Waals surface area contributed by atoms with E-state index in [0.717, 1.165) is 18.4 Å². The fraction of sp³-hybridized carbons (Fsp3) is 0.400. The first-order chi connectivity index (χ1) is 9.81. The van der Waals surface area contributed by atoms with E-state index in [1.54, 1.807) is 0 Å². The molecule has 1 aromatic carbocycles. The molecule has 1 aromatic heterocycles. The summed E-state index contributed by atoms with van der Waals surface area (Å²) in [5, 5.41) is 10.7. The average molecular weight is 271 g/mol. The molecule has 104 valence electrons. The first-order valence-electron chi connectivity index (χ1n) is 6.98. The summed E-state index contributed by atoms with van der Waals surface area (Å²) in [5.41, 5.74) is 1.08. The first-order valence-corrected chi connectivity index (χ1v) is 6.98. The van der Waals surface area contributed by atoms with Crippen molar-refractivity contribution in [2.24, 2.45) is 0 Å². The Morgan fingerprint density at radius 1 is 1.20 bits per heavy atom. The third kappa shape index (κ3) is 3.04. The minimum absolute atomic E-state index is 0.0582. The number of nitrogens with one attached hydrogen (secondary N) is 1. The van der Waals surface area contributed by atoms with Gasteiger partial charge in [-0.1, -0.05) is 43.2 Å². The van der Waals surface area contributed by atoms with Crippen molar-refractivity contribution in [2.75, 3.05) is 0 Å². The molecule has 1 heterocycles. The van der Waals surface area contributed by atoms with Crippen molar-refractivity contribution in [1.29, 1.82) is 0 Å². The maximum Gasteiger partial charge on any atom is 0.309 e. The lowest BCUT2D eigenvalue weighted by molar-refractivity contribution is 0.0901. The number of amides is 1. The molecule has 0 radical (unpaired) electrons. The molecule has 1 aliphatic rings. The van der Waals surface area contributed by atoms with Gasteiger partial charge in [0.1, 0.15) is 0 Å². The number of carbonyl (C=O) groups is 1. The lowest BCUT2D eigenvalue weighted by atomic mass is 10.2. The molecule has 1 amide bonds. The van der Waals surface area contributed by atoms with E-state index in [1.165, 1.54) is 12.8 Å². The summed E-state index contributed by atoms with van der Waals surface area (Å²) in [6.07, 6.45) is 4.97. The molecule has 5 nitrogen and oxygen atoms in total. The van der Waals surface area contributed by atoms with Gasteiger partial charge < -0.3 is 9.73 Å². The molecule has 0 spiro atoms. The lowest BCUT2D eigenvalue weighted by Gasteiger charge is -2.08. The van der Waals surface area contributed by atoms with E-state index < -0.39 is 0 Å². The van der Waals surface area contributed by atoms with Crippen molar-refractivity contribution in [1.82, 2.24) is 15.5 Å². The largest absolute Gasteiger partial charge is 0.417 e. The van der Waals surface area contributed by atoms with Gasteiger partial charge in [0.05, 0.1) is 6.42 Å². The Morgan fingerprint density at radius 2 is 1.95 bits per heavy atom. The summed E-state index contributed by atoms with van der Waals surface area (Å²) in [6.45, 7) is 0. The van der Waals surface area contributed by atoms with E-state index >= 15 is 0 Å². The van der Waals surface area contributed by atoms with Gasteiger partial charge in [-0.2, -0.15) is 0 Å². The minimum Gasteiger partial charge on any atom is -0.417 e. The second-order valence-corrected chi connectivity index (χ2v) is 5.12. The molecule has 0 atom stereocenters. The Kier molecular flexibility index (Phi) is 3.76. The molecular formula is C15H17N3O2. The first kappa shape index (κ1) is 12.8. The molecule has 0 aliphatic heterocycles. The van der Waals surface area contributed by atoms with Crippen molar-refractivity contribution in [3.63, 3.8) is 0 Å². The molecule has 0 saturated heterocycles. The summed E-state index contributed by atoms with van der Waals surface area (Å²) < 4.78 is 5.43. The number of nitrogens with zero attached hydrogens (tertiary/aromatic N) is 2. The third-order valence-corrected chi connectivity index (χ3v) is 3.55. The van der Waals surface area contributed by atoms with Gasteiger partial charge in [-0.05, 0) is 18.4 Å². The molecule has 1 aliphatic carbocycles. The lowest BCUT2D eigenvalue weighted by Crippen LogP contribution is -2.32. The van der Waals surface area contributed by atoms with E-state index in [1.807, 2.05) is 30.3 Å². The van der Waals surface area contributed by atoms with Crippen LogP contribution in [0, 0.1) is 0 Å². The molecule has 0 bridgehead atoms. The zero-order chi connectivity index (χ0) is 13.8. The highest BCUT2D eigenvalue weighted by Crippen LogP contribution is 2.18. The quantitative estimate of drug-likeness (QED) is 0.926. The maximum absolute atomic E-state index is 12.0. The molecule has 2 aromatic rings. The fourth-order valence-electron chi connectivity index (χ4n) is 2.50. The van der Waals surface area contributed by atoms with E-state index in [-0.39, 0.29) is 17.8 Å². The van der Waals surface area contributed by atoms with Crippen molar-refractivity contribution in [3.8, 4) is 0 Å². The smallest absolute Gasteiger partial charge is 0.309 e. The Hall–Kier alpha value is -2.17. The van der Waals surface area contributed by atoms with Crippen LogP contribution in [0.3, 0.4) is 0 Å². The van der Waals surface area contributed by atoms with E-state index in [0.29, 0.717) is 12.3 Å². The summed E-state index contributed by atoms with van der Waals surface area (Å²) in [5.74, 6) is 0.263. The van der Waals surface area contributed by atoms with Crippen LogP contribution in [0.2, 0.25) is 0 Å². The standard InChI is InChI=1S/C15H17N3O2/c19-14(16-12-8-4-5-9-12)15-18-17-13(20-15)10-11-6-2-1-3-7-11/h1-3,6-7,12H,4-5,8-10H2,(H,16,19). The maximum atomic E-state index is 12.0. The van der Waals surface area contributed by atoms with Gasteiger partial charge >= 0.3 is 11.8 Å². The predicted molar refractivity (Wildman–Crippen MR) is 73.3 cm³/mol. The SMILES string of the molecule is O=C(NC1CCCC1)c1nnc(Cc2ccccc2)o1.